The summed E-state index contributed by atoms with van der Waals surface area (Å²) >= 11 is 9.80. The average Bonchev–Trinajstić information content (AvgIpc) is 3.31. The van der Waals surface area contributed by atoms with Crippen molar-refractivity contribution in [3.8, 4) is 11.1 Å². The van der Waals surface area contributed by atoms with E-state index in [-0.39, 0.29) is 19.1 Å². The van der Waals surface area contributed by atoms with Crippen molar-refractivity contribution in [3.63, 3.8) is 0 Å². The molecule has 2 heterocycles. The van der Waals surface area contributed by atoms with Crippen molar-refractivity contribution in [2.75, 3.05) is 13.2 Å². The number of fused-ring (bicyclic) bond motifs is 3. The van der Waals surface area contributed by atoms with E-state index in [1.165, 1.54) is 11.1 Å². The fraction of sp³-hybridized carbons (Fsp3) is 0.310. The van der Waals surface area contributed by atoms with Gasteiger partial charge in [-0.25, -0.2) is 9.78 Å². The molecule has 1 N–H and O–H groups in total. The molecular weight excluding hydrogens is 566 g/mol. The van der Waals surface area contributed by atoms with E-state index in [0.717, 1.165) is 15.6 Å². The van der Waals surface area contributed by atoms with Crippen LogP contribution < -0.4 is 5.32 Å². The Balaban J connectivity index is 1.31. The Morgan fingerprint density at radius 1 is 1.08 bits per heavy atom. The van der Waals surface area contributed by atoms with Gasteiger partial charge in [-0.05, 0) is 77.4 Å². The van der Waals surface area contributed by atoms with E-state index >= 15 is 0 Å². The molecule has 2 aromatic carbocycles. The summed E-state index contributed by atoms with van der Waals surface area (Å²) in [5.41, 5.74) is 4.98. The third-order valence-electron chi connectivity index (χ3n) is 7.51. The second-order valence-electron chi connectivity index (χ2n) is 10.5. The minimum absolute atomic E-state index is 0.0159. The van der Waals surface area contributed by atoms with Gasteiger partial charge in [-0.15, -0.1) is 0 Å². The zero-order chi connectivity index (χ0) is 27.1. The largest absolute Gasteiger partial charge is 0.492 e. The molecule has 2 aliphatic rings. The van der Waals surface area contributed by atoms with Crippen LogP contribution in [0.5, 0.6) is 0 Å². The number of carbonyl (C=O) groups excluding carboxylic acids is 1. The van der Waals surface area contributed by atoms with Gasteiger partial charge in [0, 0.05) is 28.7 Å². The molecule has 9 heteroatoms. The number of hydrogen-bond donors (Lipinski definition) is 1. The monoisotopic (exact) mass is 594 g/mol. The minimum atomic E-state index is -0.677. The van der Waals surface area contributed by atoms with E-state index in [4.69, 9.17) is 25.6 Å². The number of carbonyl (C=O) groups is 1. The van der Waals surface area contributed by atoms with Gasteiger partial charge in [0.25, 0.3) is 0 Å². The lowest BCUT2D eigenvalue weighted by molar-refractivity contribution is 0.00578. The standard InChI is InChI=1S/C29H29BBrClN2O4/c1-28(2)29(3,4)38-30(37-28)19(13-18-14-20(31)16-33-26(18)32)15-34-27(35)36-17-25-23-11-7-5-9-21(23)22-10-6-8-12-24(22)25/h5-14,16,25H,15,17H2,1-4H3,(H,34,35). The Morgan fingerprint density at radius 2 is 1.66 bits per heavy atom. The van der Waals surface area contributed by atoms with Crippen LogP contribution in [0.25, 0.3) is 17.2 Å². The molecule has 1 aliphatic heterocycles. The molecule has 1 aliphatic carbocycles. The molecule has 3 aromatic rings. The van der Waals surface area contributed by atoms with Crippen LogP contribution >= 0.6 is 27.5 Å². The highest BCUT2D eigenvalue weighted by Crippen LogP contribution is 2.44. The highest BCUT2D eigenvalue weighted by Gasteiger charge is 2.52. The molecule has 0 atom stereocenters. The fourth-order valence-electron chi connectivity index (χ4n) is 4.76. The van der Waals surface area contributed by atoms with Crippen molar-refractivity contribution in [2.45, 2.75) is 44.8 Å². The van der Waals surface area contributed by atoms with Crippen molar-refractivity contribution in [2.24, 2.45) is 0 Å². The van der Waals surface area contributed by atoms with Crippen molar-refractivity contribution in [1.29, 1.82) is 0 Å². The summed E-state index contributed by atoms with van der Waals surface area (Å²) in [6.45, 7) is 8.32. The number of benzene rings is 2. The smallest absolute Gasteiger partial charge is 0.449 e. The van der Waals surface area contributed by atoms with Gasteiger partial charge >= 0.3 is 13.2 Å². The van der Waals surface area contributed by atoms with E-state index in [1.54, 1.807) is 6.20 Å². The normalized spacial score (nSPS) is 17.7. The molecule has 1 aromatic heterocycles. The topological polar surface area (TPSA) is 69.7 Å². The van der Waals surface area contributed by atoms with Crippen LogP contribution in [-0.2, 0) is 14.0 Å². The number of halogens is 2. The molecule has 0 saturated carbocycles. The van der Waals surface area contributed by atoms with E-state index in [9.17, 15) is 4.79 Å². The van der Waals surface area contributed by atoms with Gasteiger partial charge in [0.05, 0.1) is 11.2 Å². The molecule has 1 fully saturated rings. The number of nitrogens with one attached hydrogen (secondary N) is 1. The van der Waals surface area contributed by atoms with Gasteiger partial charge in [0.15, 0.2) is 0 Å². The van der Waals surface area contributed by atoms with Crippen LogP contribution in [0.15, 0.2) is 70.7 Å². The first kappa shape index (κ1) is 26.9. The maximum absolute atomic E-state index is 12.9. The molecule has 38 heavy (non-hydrogen) atoms. The van der Waals surface area contributed by atoms with E-state index in [2.05, 4.69) is 50.5 Å². The van der Waals surface area contributed by atoms with Crippen LogP contribution in [0.3, 0.4) is 0 Å². The highest BCUT2D eigenvalue weighted by atomic mass is 79.9. The van der Waals surface area contributed by atoms with Crippen LogP contribution in [0.1, 0.15) is 50.3 Å². The molecular formula is C29H29BBrClN2O4. The minimum Gasteiger partial charge on any atom is -0.449 e. The number of alkyl carbamates (subject to hydrolysis) is 1. The maximum Gasteiger partial charge on any atom is 0.492 e. The van der Waals surface area contributed by atoms with Gasteiger partial charge in [0.1, 0.15) is 11.8 Å². The Kier molecular flexibility index (Phi) is 7.44. The molecule has 196 valence electrons. The zero-order valence-electron chi connectivity index (χ0n) is 21.8. The first-order chi connectivity index (χ1) is 18.1. The number of amides is 1. The van der Waals surface area contributed by atoms with Crippen LogP contribution in [0.4, 0.5) is 4.79 Å². The molecule has 5 rings (SSSR count). The van der Waals surface area contributed by atoms with E-state index < -0.39 is 24.4 Å². The second-order valence-corrected chi connectivity index (χ2v) is 11.8. The molecule has 0 bridgehead atoms. The molecule has 1 saturated heterocycles. The highest BCUT2D eigenvalue weighted by molar-refractivity contribution is 9.10. The third-order valence-corrected chi connectivity index (χ3v) is 8.26. The summed E-state index contributed by atoms with van der Waals surface area (Å²) in [7, 11) is -0.677. The molecule has 0 spiro atoms. The Morgan fingerprint density at radius 3 is 2.26 bits per heavy atom. The Hall–Kier alpha value is -2.65. The maximum atomic E-state index is 12.9. The van der Waals surface area contributed by atoms with Crippen LogP contribution in [0.2, 0.25) is 5.15 Å². The van der Waals surface area contributed by atoms with Crippen molar-refractivity contribution in [3.05, 3.63) is 92.6 Å². The van der Waals surface area contributed by atoms with Gasteiger partial charge in [0.2, 0.25) is 0 Å². The van der Waals surface area contributed by atoms with Crippen LogP contribution in [-0.4, -0.2) is 42.5 Å². The summed E-state index contributed by atoms with van der Waals surface area (Å²) in [5, 5.41) is 3.21. The molecule has 1 amide bonds. The molecule has 0 unspecified atom stereocenters. The van der Waals surface area contributed by atoms with Crippen LogP contribution in [0, 0.1) is 0 Å². The number of hydrogen-bond acceptors (Lipinski definition) is 5. The van der Waals surface area contributed by atoms with Gasteiger partial charge in [-0.3, -0.25) is 0 Å². The Labute approximate surface area is 237 Å². The number of nitrogens with zero attached hydrogens (tertiary/aromatic N) is 1. The fourth-order valence-corrected chi connectivity index (χ4v) is 5.27. The number of pyridine rings is 1. The predicted octanol–water partition coefficient (Wildman–Crippen LogP) is 7.05. The van der Waals surface area contributed by atoms with Gasteiger partial charge in [-0.2, -0.15) is 0 Å². The second kappa shape index (κ2) is 10.5. The van der Waals surface area contributed by atoms with Crippen molar-refractivity contribution >= 4 is 46.8 Å². The predicted molar refractivity (Wildman–Crippen MR) is 154 cm³/mol. The molecule has 6 nitrogen and oxygen atoms in total. The summed E-state index contributed by atoms with van der Waals surface area (Å²) in [6.07, 6.45) is 2.95. The summed E-state index contributed by atoms with van der Waals surface area (Å²) in [4.78, 5) is 17.1. The first-order valence-corrected chi connectivity index (χ1v) is 13.7. The lowest BCUT2D eigenvalue weighted by Gasteiger charge is -2.32. The summed E-state index contributed by atoms with van der Waals surface area (Å²) < 4.78 is 19.0. The number of aromatic nitrogens is 1. The lowest BCUT2D eigenvalue weighted by Crippen LogP contribution is -2.41. The zero-order valence-corrected chi connectivity index (χ0v) is 24.1. The SMILES string of the molecule is CC1(C)OB(C(=Cc2cc(Br)cnc2Cl)CNC(=O)OCC2c3ccccc3-c3ccccc32)OC1(C)C. The lowest BCUT2D eigenvalue weighted by atomic mass is 9.77. The van der Waals surface area contributed by atoms with Gasteiger partial charge in [-0.1, -0.05) is 66.2 Å². The first-order valence-electron chi connectivity index (χ1n) is 12.5. The quantitative estimate of drug-likeness (QED) is 0.244. The van der Waals surface area contributed by atoms with E-state index in [0.29, 0.717) is 16.2 Å². The van der Waals surface area contributed by atoms with Crippen molar-refractivity contribution in [1.82, 2.24) is 10.3 Å². The Bertz CT molecular complexity index is 1350. The number of ether oxygens (including phenoxy) is 1. The van der Waals surface area contributed by atoms with Crippen molar-refractivity contribution < 1.29 is 18.8 Å². The number of rotatable bonds is 6. The average molecular weight is 596 g/mol. The third kappa shape index (κ3) is 5.28. The van der Waals surface area contributed by atoms with E-state index in [1.807, 2.05) is 64.1 Å². The molecule has 0 radical (unpaired) electrons. The summed E-state index contributed by atoms with van der Waals surface area (Å²) in [5.74, 6) is -0.0159. The van der Waals surface area contributed by atoms with Gasteiger partial charge < -0.3 is 19.4 Å². The summed E-state index contributed by atoms with van der Waals surface area (Å²) in [6, 6.07) is 18.4.